The van der Waals surface area contributed by atoms with Gasteiger partial charge in [-0.25, -0.2) is 0 Å². The van der Waals surface area contributed by atoms with Gasteiger partial charge in [-0.2, -0.15) is 0 Å². The van der Waals surface area contributed by atoms with Crippen LogP contribution in [0.15, 0.2) is 170 Å². The van der Waals surface area contributed by atoms with E-state index in [0.717, 1.165) is 44.8 Å². The molecule has 3 heteroatoms. The highest BCUT2D eigenvalue weighted by atomic mass is 15.0. The molecule has 1 aromatic heterocycles. The molecule has 0 aliphatic rings. The molecule has 6 aromatic carbocycles. The summed E-state index contributed by atoms with van der Waals surface area (Å²) in [6.45, 7) is 6.58. The Morgan fingerprint density at radius 3 is 1.94 bits per heavy atom. The number of benzene rings is 6. The zero-order valence-electron chi connectivity index (χ0n) is 27.1. The molecule has 0 radical (unpaired) electrons. The summed E-state index contributed by atoms with van der Waals surface area (Å²) < 4.78 is 2.40. The van der Waals surface area contributed by atoms with Crippen molar-refractivity contribution in [3.63, 3.8) is 0 Å². The van der Waals surface area contributed by atoms with E-state index in [0.29, 0.717) is 0 Å². The smallest absolute Gasteiger partial charge is 0.0537 e. The molecular weight excluding hydrogens is 583 g/mol. The van der Waals surface area contributed by atoms with Gasteiger partial charge < -0.3 is 16.0 Å². The molecule has 2 unspecified atom stereocenters. The Bertz CT molecular complexity index is 2220. The van der Waals surface area contributed by atoms with Crippen LogP contribution in [0.3, 0.4) is 0 Å². The molecule has 234 valence electrons. The zero-order chi connectivity index (χ0) is 33.0. The summed E-state index contributed by atoms with van der Waals surface area (Å²) in [6, 6.07) is 54.9. The number of para-hydroxylation sites is 2. The molecule has 0 fully saturated rings. The van der Waals surface area contributed by atoms with Crippen LogP contribution in [0.5, 0.6) is 0 Å². The van der Waals surface area contributed by atoms with Gasteiger partial charge in [0.25, 0.3) is 0 Å². The van der Waals surface area contributed by atoms with E-state index in [1.54, 1.807) is 0 Å². The van der Waals surface area contributed by atoms with Crippen LogP contribution in [0, 0.1) is 0 Å². The summed E-state index contributed by atoms with van der Waals surface area (Å²) in [4.78, 5) is 0. The molecule has 0 spiro atoms. The van der Waals surface area contributed by atoms with Crippen LogP contribution in [-0.2, 0) is 0 Å². The van der Waals surface area contributed by atoms with E-state index < -0.39 is 0 Å². The molecular formula is C45H39N3. The molecule has 0 bridgehead atoms. The number of nitrogens with zero attached hydrogens (tertiary/aromatic N) is 1. The minimum atomic E-state index is -0.00722. The predicted octanol–water partition coefficient (Wildman–Crippen LogP) is 10.8. The molecule has 0 saturated heterocycles. The van der Waals surface area contributed by atoms with Gasteiger partial charge in [0, 0.05) is 51.1 Å². The van der Waals surface area contributed by atoms with Crippen LogP contribution < -0.4 is 11.5 Å². The average Bonchev–Trinajstić information content (AvgIpc) is 3.49. The average molecular weight is 622 g/mol. The van der Waals surface area contributed by atoms with Gasteiger partial charge in [0.15, 0.2) is 0 Å². The van der Waals surface area contributed by atoms with Gasteiger partial charge in [-0.05, 0) is 58.2 Å². The van der Waals surface area contributed by atoms with Crippen molar-refractivity contribution in [1.29, 1.82) is 0 Å². The van der Waals surface area contributed by atoms with Gasteiger partial charge in [0.05, 0.1) is 5.52 Å². The second-order valence-electron chi connectivity index (χ2n) is 12.2. The van der Waals surface area contributed by atoms with Crippen LogP contribution in [0.25, 0.3) is 39.5 Å². The van der Waals surface area contributed by atoms with Gasteiger partial charge in [0.2, 0.25) is 0 Å². The summed E-state index contributed by atoms with van der Waals surface area (Å²) in [6.07, 6.45) is 4.17. The summed E-state index contributed by atoms with van der Waals surface area (Å²) >= 11 is 0. The second-order valence-corrected chi connectivity index (χ2v) is 12.2. The quantitative estimate of drug-likeness (QED) is 0.158. The normalized spacial score (nSPS) is 12.9. The van der Waals surface area contributed by atoms with E-state index in [-0.39, 0.29) is 11.8 Å². The highest BCUT2D eigenvalue weighted by Gasteiger charge is 2.25. The lowest BCUT2D eigenvalue weighted by atomic mass is 9.87. The van der Waals surface area contributed by atoms with Crippen molar-refractivity contribution in [2.75, 3.05) is 5.73 Å². The van der Waals surface area contributed by atoms with E-state index in [2.05, 4.69) is 145 Å². The number of nitrogen functional groups attached to an aromatic ring is 1. The lowest BCUT2D eigenvalue weighted by Crippen LogP contribution is -2.09. The SMILES string of the molecule is C=Cc1c(C(C)c2ccccc2-c2ccccc2N)n(-c2ccc(C(/C=C(\N)c3ccccc3)c3ccccc3)cc2)c2ccccc12. The predicted molar refractivity (Wildman–Crippen MR) is 204 cm³/mol. The van der Waals surface area contributed by atoms with Crippen LogP contribution >= 0.6 is 0 Å². The summed E-state index contributed by atoms with van der Waals surface area (Å²) in [7, 11) is 0. The Balaban J connectivity index is 1.37. The minimum absolute atomic E-state index is 0.00722. The Morgan fingerprint density at radius 1 is 0.646 bits per heavy atom. The first-order valence-corrected chi connectivity index (χ1v) is 16.4. The van der Waals surface area contributed by atoms with Crippen LogP contribution in [0.2, 0.25) is 0 Å². The zero-order valence-corrected chi connectivity index (χ0v) is 27.1. The first-order valence-electron chi connectivity index (χ1n) is 16.4. The van der Waals surface area contributed by atoms with Crippen molar-refractivity contribution in [3.05, 3.63) is 204 Å². The van der Waals surface area contributed by atoms with E-state index >= 15 is 0 Å². The van der Waals surface area contributed by atoms with E-state index in [4.69, 9.17) is 11.5 Å². The molecule has 4 N–H and O–H groups in total. The van der Waals surface area contributed by atoms with Crippen LogP contribution in [-0.4, -0.2) is 4.57 Å². The van der Waals surface area contributed by atoms with Crippen LogP contribution in [0.4, 0.5) is 5.69 Å². The molecule has 7 aromatic rings. The molecule has 0 saturated carbocycles. The fourth-order valence-electron chi connectivity index (χ4n) is 7.00. The Labute approximate surface area is 283 Å². The number of aromatic nitrogens is 1. The molecule has 0 aliphatic carbocycles. The molecule has 0 aliphatic heterocycles. The van der Waals surface area contributed by atoms with Crippen molar-refractivity contribution in [1.82, 2.24) is 4.57 Å². The van der Waals surface area contributed by atoms with Crippen molar-refractivity contribution in [3.8, 4) is 16.8 Å². The first kappa shape index (κ1) is 30.6. The van der Waals surface area contributed by atoms with Gasteiger partial charge in [-0.3, -0.25) is 0 Å². The maximum absolute atomic E-state index is 6.68. The van der Waals surface area contributed by atoms with E-state index in [1.807, 2.05) is 42.5 Å². The highest BCUT2D eigenvalue weighted by molar-refractivity contribution is 5.93. The third-order valence-corrected chi connectivity index (χ3v) is 9.37. The Kier molecular flexibility index (Phi) is 8.51. The number of anilines is 1. The lowest BCUT2D eigenvalue weighted by molar-refractivity contribution is 0.837. The van der Waals surface area contributed by atoms with E-state index in [9.17, 15) is 0 Å². The molecule has 7 rings (SSSR count). The topological polar surface area (TPSA) is 57.0 Å². The Hall–Kier alpha value is -6.06. The highest BCUT2D eigenvalue weighted by Crippen LogP contribution is 2.42. The van der Waals surface area contributed by atoms with Crippen molar-refractivity contribution in [2.45, 2.75) is 18.8 Å². The molecule has 48 heavy (non-hydrogen) atoms. The fraction of sp³-hybridized carbons (Fsp3) is 0.0667. The van der Waals surface area contributed by atoms with Gasteiger partial charge in [0.1, 0.15) is 0 Å². The molecule has 2 atom stereocenters. The number of allylic oxidation sites excluding steroid dienone is 1. The number of hydrogen-bond acceptors (Lipinski definition) is 2. The van der Waals surface area contributed by atoms with Crippen molar-refractivity contribution >= 4 is 28.4 Å². The van der Waals surface area contributed by atoms with Crippen molar-refractivity contribution in [2.24, 2.45) is 5.73 Å². The molecule has 0 amide bonds. The molecule has 1 heterocycles. The number of rotatable bonds is 9. The summed E-state index contributed by atoms with van der Waals surface area (Å²) in [5.74, 6) is 0.0266. The lowest BCUT2D eigenvalue weighted by Gasteiger charge is -2.22. The maximum Gasteiger partial charge on any atom is 0.0537 e. The maximum atomic E-state index is 6.68. The number of nitrogens with two attached hydrogens (primary N) is 2. The number of hydrogen-bond donors (Lipinski definition) is 2. The minimum Gasteiger partial charge on any atom is -0.398 e. The fourth-order valence-corrected chi connectivity index (χ4v) is 7.00. The summed E-state index contributed by atoms with van der Waals surface area (Å²) in [5.41, 5.74) is 26.1. The first-order chi connectivity index (χ1) is 23.5. The standard InChI is InChI=1S/C45H39N3/c1-3-36-40-23-13-15-25-44(40)48(45(36)31(2)37-20-10-11-21-38(37)39-22-12-14-24-42(39)46)35-28-26-33(27-29-35)41(32-16-6-4-7-17-32)30-43(47)34-18-8-5-9-19-34/h3-31,41H,1,46-47H2,2H3/b43-30-. The van der Waals surface area contributed by atoms with E-state index in [1.165, 1.54) is 27.8 Å². The Morgan fingerprint density at radius 2 is 1.23 bits per heavy atom. The van der Waals surface area contributed by atoms with Gasteiger partial charge >= 0.3 is 0 Å². The largest absolute Gasteiger partial charge is 0.398 e. The van der Waals surface area contributed by atoms with Crippen molar-refractivity contribution < 1.29 is 0 Å². The monoisotopic (exact) mass is 621 g/mol. The van der Waals surface area contributed by atoms with Gasteiger partial charge in [-0.15, -0.1) is 0 Å². The third-order valence-electron chi connectivity index (χ3n) is 9.37. The van der Waals surface area contributed by atoms with Crippen LogP contribution in [0.1, 0.15) is 52.3 Å². The second kappa shape index (κ2) is 13.4. The van der Waals surface area contributed by atoms with Gasteiger partial charge in [-0.1, -0.05) is 153 Å². The summed E-state index contributed by atoms with van der Waals surface area (Å²) in [5, 5.41) is 1.18. The molecule has 3 nitrogen and oxygen atoms in total. The third kappa shape index (κ3) is 5.72. The number of fused-ring (bicyclic) bond motifs is 1.